The minimum atomic E-state index is -0.486. The smallest absolute Gasteiger partial charge is 0.336 e. The fourth-order valence-electron chi connectivity index (χ4n) is 3.13. The van der Waals surface area contributed by atoms with Gasteiger partial charge in [-0.05, 0) is 12.1 Å². The van der Waals surface area contributed by atoms with Crippen molar-refractivity contribution in [3.63, 3.8) is 0 Å². The highest BCUT2D eigenvalue weighted by molar-refractivity contribution is 6.32. The number of fused-ring (bicyclic) bond motifs is 1. The minimum Gasteiger partial charge on any atom is -0.871 e. The van der Waals surface area contributed by atoms with Gasteiger partial charge in [-0.3, -0.25) is 4.79 Å². The first-order valence-corrected chi connectivity index (χ1v) is 7.88. The summed E-state index contributed by atoms with van der Waals surface area (Å²) in [6.07, 6.45) is 1.49. The molecule has 1 aromatic heterocycles. The molecule has 3 N–H and O–H groups in total. The van der Waals surface area contributed by atoms with Gasteiger partial charge in [0.1, 0.15) is 12.1 Å². The Balaban J connectivity index is 1.87. The maximum atomic E-state index is 11.7. The second-order valence-corrected chi connectivity index (χ2v) is 6.38. The van der Waals surface area contributed by atoms with E-state index in [0.29, 0.717) is 11.9 Å². The van der Waals surface area contributed by atoms with E-state index < -0.39 is 5.63 Å². The van der Waals surface area contributed by atoms with E-state index in [1.54, 1.807) is 6.07 Å². The molecule has 1 saturated heterocycles. The molecular formula is C16H17ClN2O4. The Morgan fingerprint density at radius 2 is 2.04 bits per heavy atom. The SMILES string of the molecule is NC(=O)C1CC[NH+](Cc2cc(=O)oc3cc([O-])c(Cl)cc23)CC1. The number of benzene rings is 1. The van der Waals surface area contributed by atoms with Gasteiger partial charge in [0.2, 0.25) is 5.91 Å². The molecule has 1 fully saturated rings. The van der Waals surface area contributed by atoms with Gasteiger partial charge in [0.05, 0.1) is 13.1 Å². The standard InChI is InChI=1S/C16H17ClN2O4/c17-12-6-11-10(5-15(21)23-14(11)7-13(12)20)8-19-3-1-9(2-4-19)16(18)22/h5-7,9,20H,1-4,8H2,(H2,18,22). The van der Waals surface area contributed by atoms with Crippen LogP contribution in [0, 0.1) is 5.92 Å². The number of halogens is 1. The highest BCUT2D eigenvalue weighted by Gasteiger charge is 2.26. The maximum Gasteiger partial charge on any atom is 0.336 e. The van der Waals surface area contributed by atoms with Crippen LogP contribution in [0.4, 0.5) is 0 Å². The van der Waals surface area contributed by atoms with Crippen molar-refractivity contribution in [3.05, 3.63) is 39.2 Å². The summed E-state index contributed by atoms with van der Waals surface area (Å²) >= 11 is 5.91. The van der Waals surface area contributed by atoms with Gasteiger partial charge in [-0.25, -0.2) is 4.79 Å². The van der Waals surface area contributed by atoms with Gasteiger partial charge < -0.3 is 20.2 Å². The summed E-state index contributed by atoms with van der Waals surface area (Å²) in [6, 6.07) is 4.24. The zero-order valence-electron chi connectivity index (χ0n) is 12.4. The fraction of sp³-hybridized carbons (Fsp3) is 0.375. The molecule has 23 heavy (non-hydrogen) atoms. The number of nitrogens with two attached hydrogens (primary N) is 1. The average Bonchev–Trinajstić information content (AvgIpc) is 2.50. The Bertz CT molecular complexity index is 810. The Morgan fingerprint density at radius 3 is 2.70 bits per heavy atom. The van der Waals surface area contributed by atoms with Crippen molar-refractivity contribution in [1.82, 2.24) is 0 Å². The van der Waals surface area contributed by atoms with E-state index in [4.69, 9.17) is 21.8 Å². The predicted octanol–water partition coefficient (Wildman–Crippen LogP) is -0.200. The third kappa shape index (κ3) is 3.33. The van der Waals surface area contributed by atoms with E-state index in [2.05, 4.69) is 0 Å². The van der Waals surface area contributed by atoms with Gasteiger partial charge in [0.15, 0.2) is 0 Å². The molecule has 7 heteroatoms. The molecule has 1 aliphatic rings. The molecule has 0 saturated carbocycles. The largest absolute Gasteiger partial charge is 0.871 e. The second-order valence-electron chi connectivity index (χ2n) is 5.97. The normalized spacial score (nSPS) is 21.4. The molecule has 2 aromatic rings. The van der Waals surface area contributed by atoms with Crippen LogP contribution in [-0.2, 0) is 11.3 Å². The summed E-state index contributed by atoms with van der Waals surface area (Å²) in [4.78, 5) is 24.2. The van der Waals surface area contributed by atoms with Gasteiger partial charge in [-0.1, -0.05) is 17.4 Å². The van der Waals surface area contributed by atoms with E-state index in [1.165, 1.54) is 17.0 Å². The number of amides is 1. The molecule has 122 valence electrons. The molecule has 0 aliphatic carbocycles. The van der Waals surface area contributed by atoms with Crippen LogP contribution in [0.2, 0.25) is 5.02 Å². The van der Waals surface area contributed by atoms with E-state index in [-0.39, 0.29) is 28.2 Å². The van der Waals surface area contributed by atoms with Gasteiger partial charge in [-0.15, -0.1) is 0 Å². The number of hydrogen-bond donors (Lipinski definition) is 2. The van der Waals surface area contributed by atoms with Crippen molar-refractivity contribution in [2.75, 3.05) is 13.1 Å². The van der Waals surface area contributed by atoms with Crippen LogP contribution >= 0.6 is 11.6 Å². The molecule has 1 aromatic carbocycles. The number of piperidine rings is 1. The number of nitrogens with one attached hydrogen (secondary N) is 1. The minimum absolute atomic E-state index is 0.0613. The molecule has 0 atom stereocenters. The van der Waals surface area contributed by atoms with E-state index in [0.717, 1.165) is 31.5 Å². The van der Waals surface area contributed by atoms with E-state index >= 15 is 0 Å². The summed E-state index contributed by atoms with van der Waals surface area (Å²) in [7, 11) is 0. The van der Waals surface area contributed by atoms with Crippen LogP contribution in [0.15, 0.2) is 27.4 Å². The molecule has 0 bridgehead atoms. The van der Waals surface area contributed by atoms with Crippen LogP contribution in [0.25, 0.3) is 11.0 Å². The van der Waals surface area contributed by atoms with Crippen LogP contribution in [0.3, 0.4) is 0 Å². The summed E-state index contributed by atoms with van der Waals surface area (Å²) < 4.78 is 5.09. The Hall–Kier alpha value is -2.05. The molecule has 6 nitrogen and oxygen atoms in total. The summed E-state index contributed by atoms with van der Waals surface area (Å²) in [5.41, 5.74) is 5.91. The lowest BCUT2D eigenvalue weighted by atomic mass is 9.96. The van der Waals surface area contributed by atoms with Crippen LogP contribution in [0.1, 0.15) is 18.4 Å². The first-order valence-electron chi connectivity index (χ1n) is 7.50. The third-order valence-electron chi connectivity index (χ3n) is 4.42. The predicted molar refractivity (Wildman–Crippen MR) is 83.3 cm³/mol. The van der Waals surface area contributed by atoms with Gasteiger partial charge in [0, 0.05) is 40.8 Å². The number of primary amides is 1. The van der Waals surface area contributed by atoms with Gasteiger partial charge in [0.25, 0.3) is 0 Å². The molecular weight excluding hydrogens is 320 g/mol. The molecule has 2 heterocycles. The number of rotatable bonds is 3. The van der Waals surface area contributed by atoms with Gasteiger partial charge in [-0.2, -0.15) is 0 Å². The molecule has 0 radical (unpaired) electrons. The van der Waals surface area contributed by atoms with Crippen molar-refractivity contribution in [2.24, 2.45) is 11.7 Å². The first-order chi connectivity index (χ1) is 10.9. The summed E-state index contributed by atoms with van der Waals surface area (Å²) in [6.45, 7) is 2.23. The van der Waals surface area contributed by atoms with Crippen molar-refractivity contribution in [2.45, 2.75) is 19.4 Å². The number of hydrogen-bond acceptors (Lipinski definition) is 4. The number of carbonyl (C=O) groups is 1. The average molecular weight is 337 g/mol. The zero-order valence-corrected chi connectivity index (χ0v) is 13.2. The third-order valence-corrected chi connectivity index (χ3v) is 4.71. The topological polar surface area (TPSA) is 101 Å². The van der Waals surface area contributed by atoms with Crippen molar-refractivity contribution in [1.29, 1.82) is 0 Å². The lowest BCUT2D eigenvalue weighted by molar-refractivity contribution is -0.919. The lowest BCUT2D eigenvalue weighted by Crippen LogP contribution is -3.11. The molecule has 0 unspecified atom stereocenters. The van der Waals surface area contributed by atoms with E-state index in [9.17, 15) is 14.7 Å². The molecule has 1 aliphatic heterocycles. The van der Waals surface area contributed by atoms with Crippen molar-refractivity contribution < 1.29 is 19.2 Å². The Labute approximate surface area is 137 Å². The summed E-state index contributed by atoms with van der Waals surface area (Å²) in [5, 5.41) is 12.4. The van der Waals surface area contributed by atoms with E-state index in [1.807, 2.05) is 0 Å². The van der Waals surface area contributed by atoms with Crippen LogP contribution in [-0.4, -0.2) is 19.0 Å². The number of likely N-dealkylation sites (tertiary alicyclic amines) is 1. The first kappa shape index (κ1) is 15.8. The fourth-order valence-corrected chi connectivity index (χ4v) is 3.29. The highest BCUT2D eigenvalue weighted by atomic mass is 35.5. The number of carbonyl (C=O) groups excluding carboxylic acids is 1. The van der Waals surface area contributed by atoms with Crippen molar-refractivity contribution in [3.8, 4) is 5.75 Å². The van der Waals surface area contributed by atoms with Gasteiger partial charge >= 0.3 is 5.63 Å². The zero-order chi connectivity index (χ0) is 16.6. The Kier molecular flexibility index (Phi) is 4.28. The maximum absolute atomic E-state index is 11.7. The van der Waals surface area contributed by atoms with Crippen LogP contribution in [0.5, 0.6) is 5.75 Å². The van der Waals surface area contributed by atoms with Crippen molar-refractivity contribution >= 4 is 28.5 Å². The quantitative estimate of drug-likeness (QED) is 0.758. The molecule has 1 amide bonds. The number of quaternary nitrogens is 1. The Morgan fingerprint density at radius 1 is 1.35 bits per heavy atom. The lowest BCUT2D eigenvalue weighted by Gasteiger charge is -2.28. The van der Waals surface area contributed by atoms with Crippen LogP contribution < -0.4 is 21.4 Å². The molecule has 3 rings (SSSR count). The highest BCUT2D eigenvalue weighted by Crippen LogP contribution is 2.28. The molecule has 0 spiro atoms. The second kappa shape index (κ2) is 6.22. The monoisotopic (exact) mass is 336 g/mol. The summed E-state index contributed by atoms with van der Waals surface area (Å²) in [5.74, 6) is -0.674.